The standard InChI is InChI=1S/C9H13N3O2/c1-5(10)6-11-7(13)9(3-2-4-9)8(14)12-6/h5H,2-4,10H2,1H3,(H,11,12,13,14). The molecule has 76 valence electrons. The van der Waals surface area contributed by atoms with Crippen LogP contribution in [0, 0.1) is 5.41 Å². The van der Waals surface area contributed by atoms with Crippen LogP contribution in [0.1, 0.15) is 26.2 Å². The number of amidine groups is 1. The fourth-order valence-corrected chi connectivity index (χ4v) is 1.76. The molecule has 1 unspecified atom stereocenters. The van der Waals surface area contributed by atoms with Crippen LogP contribution in [0.15, 0.2) is 4.99 Å². The molecule has 5 nitrogen and oxygen atoms in total. The van der Waals surface area contributed by atoms with E-state index in [-0.39, 0.29) is 17.6 Å². The van der Waals surface area contributed by atoms with E-state index in [4.69, 9.17) is 5.73 Å². The molecule has 1 atom stereocenters. The summed E-state index contributed by atoms with van der Waals surface area (Å²) in [6.45, 7) is 1.69. The lowest BCUT2D eigenvalue weighted by molar-refractivity contribution is -0.147. The van der Waals surface area contributed by atoms with Gasteiger partial charge in [-0.3, -0.25) is 9.59 Å². The van der Waals surface area contributed by atoms with Crippen molar-refractivity contribution in [2.24, 2.45) is 16.1 Å². The molecule has 1 heterocycles. The van der Waals surface area contributed by atoms with Gasteiger partial charge in [-0.2, -0.15) is 4.99 Å². The number of amides is 2. The molecule has 0 bridgehead atoms. The molecule has 3 N–H and O–H groups in total. The second kappa shape index (κ2) is 2.88. The predicted molar refractivity (Wildman–Crippen MR) is 50.5 cm³/mol. The lowest BCUT2D eigenvalue weighted by atomic mass is 9.67. The predicted octanol–water partition coefficient (Wildman–Crippen LogP) is -0.441. The van der Waals surface area contributed by atoms with Gasteiger partial charge in [-0.1, -0.05) is 6.42 Å². The van der Waals surface area contributed by atoms with Crippen molar-refractivity contribution in [3.05, 3.63) is 0 Å². The molecule has 0 saturated heterocycles. The van der Waals surface area contributed by atoms with Gasteiger partial charge in [-0.15, -0.1) is 0 Å². The van der Waals surface area contributed by atoms with Gasteiger partial charge in [0.05, 0.1) is 6.04 Å². The molecule has 1 aliphatic carbocycles. The normalized spacial score (nSPS) is 26.6. The molecule has 1 fully saturated rings. The zero-order chi connectivity index (χ0) is 10.3. The van der Waals surface area contributed by atoms with Crippen LogP contribution in [0.5, 0.6) is 0 Å². The monoisotopic (exact) mass is 195 g/mol. The number of hydrogen-bond donors (Lipinski definition) is 2. The van der Waals surface area contributed by atoms with Crippen molar-refractivity contribution in [1.82, 2.24) is 5.32 Å². The van der Waals surface area contributed by atoms with Crippen LogP contribution in [0.3, 0.4) is 0 Å². The van der Waals surface area contributed by atoms with Gasteiger partial charge >= 0.3 is 0 Å². The summed E-state index contributed by atoms with van der Waals surface area (Å²) in [4.78, 5) is 27.1. The topological polar surface area (TPSA) is 84.5 Å². The summed E-state index contributed by atoms with van der Waals surface area (Å²) >= 11 is 0. The van der Waals surface area contributed by atoms with Crippen LogP contribution >= 0.6 is 0 Å². The Morgan fingerprint density at radius 1 is 1.50 bits per heavy atom. The van der Waals surface area contributed by atoms with E-state index in [1.54, 1.807) is 6.92 Å². The Balaban J connectivity index is 2.30. The minimum absolute atomic E-state index is 0.226. The van der Waals surface area contributed by atoms with Gasteiger partial charge in [0.1, 0.15) is 11.3 Å². The highest BCUT2D eigenvalue weighted by Crippen LogP contribution is 2.43. The number of hydrogen-bond acceptors (Lipinski definition) is 3. The molecule has 2 amide bonds. The van der Waals surface area contributed by atoms with Crippen molar-refractivity contribution in [3.63, 3.8) is 0 Å². The van der Waals surface area contributed by atoms with Gasteiger partial charge in [0.25, 0.3) is 5.91 Å². The Kier molecular flexibility index (Phi) is 1.92. The maximum absolute atomic E-state index is 11.7. The Bertz CT molecular complexity index is 329. The minimum atomic E-state index is -0.849. The molecule has 0 aromatic carbocycles. The van der Waals surface area contributed by atoms with E-state index < -0.39 is 11.5 Å². The van der Waals surface area contributed by atoms with Crippen molar-refractivity contribution in [2.75, 3.05) is 0 Å². The van der Waals surface area contributed by atoms with E-state index in [2.05, 4.69) is 10.3 Å². The average molecular weight is 195 g/mol. The zero-order valence-electron chi connectivity index (χ0n) is 8.04. The Labute approximate surface area is 81.8 Å². The van der Waals surface area contributed by atoms with Crippen LogP contribution in [0.4, 0.5) is 0 Å². The minimum Gasteiger partial charge on any atom is -0.322 e. The van der Waals surface area contributed by atoms with Gasteiger partial charge < -0.3 is 11.1 Å². The first-order valence-electron chi connectivity index (χ1n) is 4.76. The highest BCUT2D eigenvalue weighted by atomic mass is 16.2. The van der Waals surface area contributed by atoms with E-state index in [9.17, 15) is 9.59 Å². The fraction of sp³-hybridized carbons (Fsp3) is 0.667. The van der Waals surface area contributed by atoms with Crippen molar-refractivity contribution in [1.29, 1.82) is 0 Å². The molecule has 1 saturated carbocycles. The molecule has 2 rings (SSSR count). The zero-order valence-corrected chi connectivity index (χ0v) is 8.04. The van der Waals surface area contributed by atoms with Crippen molar-refractivity contribution < 1.29 is 9.59 Å². The van der Waals surface area contributed by atoms with E-state index in [1.165, 1.54) is 0 Å². The van der Waals surface area contributed by atoms with Gasteiger partial charge in [-0.25, -0.2) is 0 Å². The molecular weight excluding hydrogens is 182 g/mol. The number of nitrogens with one attached hydrogen (secondary N) is 1. The van der Waals surface area contributed by atoms with Crippen molar-refractivity contribution in [3.8, 4) is 0 Å². The molecule has 14 heavy (non-hydrogen) atoms. The second-order valence-electron chi connectivity index (χ2n) is 3.98. The molecule has 1 aliphatic heterocycles. The summed E-state index contributed by atoms with van der Waals surface area (Å²) in [5, 5.41) is 2.60. The third kappa shape index (κ3) is 1.09. The number of carbonyl (C=O) groups is 2. The summed E-state index contributed by atoms with van der Waals surface area (Å²) in [6, 6.07) is -0.402. The average Bonchev–Trinajstić information content (AvgIpc) is 1.99. The highest BCUT2D eigenvalue weighted by molar-refractivity contribution is 6.20. The first-order chi connectivity index (χ1) is 6.56. The summed E-state index contributed by atoms with van der Waals surface area (Å²) in [5.41, 5.74) is 4.69. The summed E-state index contributed by atoms with van der Waals surface area (Å²) in [5.74, 6) is -0.256. The fourth-order valence-electron chi connectivity index (χ4n) is 1.76. The molecule has 2 aliphatic rings. The number of carbonyl (C=O) groups excluding carboxylic acids is 2. The summed E-state index contributed by atoms with van der Waals surface area (Å²) < 4.78 is 0. The van der Waals surface area contributed by atoms with Crippen LogP contribution in [-0.4, -0.2) is 23.7 Å². The van der Waals surface area contributed by atoms with Crippen LogP contribution in [0.25, 0.3) is 0 Å². The third-order valence-electron chi connectivity index (χ3n) is 2.95. The Morgan fingerprint density at radius 3 is 2.50 bits per heavy atom. The van der Waals surface area contributed by atoms with Gasteiger partial charge in [0.2, 0.25) is 5.91 Å². The van der Waals surface area contributed by atoms with Gasteiger partial charge in [-0.05, 0) is 19.8 Å². The highest BCUT2D eigenvalue weighted by Gasteiger charge is 2.53. The van der Waals surface area contributed by atoms with Crippen LogP contribution < -0.4 is 11.1 Å². The third-order valence-corrected chi connectivity index (χ3v) is 2.95. The quantitative estimate of drug-likeness (QED) is 0.556. The SMILES string of the molecule is CC(N)C1=NC(=O)C2(CCC2)C(=O)N1. The summed E-state index contributed by atoms with van der Waals surface area (Å²) in [6.07, 6.45) is 2.16. The van der Waals surface area contributed by atoms with E-state index in [0.29, 0.717) is 12.8 Å². The van der Waals surface area contributed by atoms with E-state index in [1.807, 2.05) is 0 Å². The number of nitrogens with zero attached hydrogens (tertiary/aromatic N) is 1. The molecular formula is C9H13N3O2. The lowest BCUT2D eigenvalue weighted by Crippen LogP contribution is -2.58. The summed E-state index contributed by atoms with van der Waals surface area (Å²) in [7, 11) is 0. The lowest BCUT2D eigenvalue weighted by Gasteiger charge is -2.39. The molecule has 0 aromatic heterocycles. The number of nitrogens with two attached hydrogens (primary N) is 1. The molecule has 0 radical (unpaired) electrons. The van der Waals surface area contributed by atoms with E-state index >= 15 is 0 Å². The maximum Gasteiger partial charge on any atom is 0.263 e. The van der Waals surface area contributed by atoms with Crippen molar-refractivity contribution in [2.45, 2.75) is 32.2 Å². The van der Waals surface area contributed by atoms with Crippen LogP contribution in [0.2, 0.25) is 0 Å². The van der Waals surface area contributed by atoms with E-state index in [0.717, 1.165) is 6.42 Å². The van der Waals surface area contributed by atoms with Crippen molar-refractivity contribution >= 4 is 17.6 Å². The molecule has 5 heteroatoms. The molecule has 0 aromatic rings. The largest absolute Gasteiger partial charge is 0.322 e. The maximum atomic E-state index is 11.7. The Hall–Kier alpha value is -1.23. The second-order valence-corrected chi connectivity index (χ2v) is 3.98. The van der Waals surface area contributed by atoms with Gasteiger partial charge in [0.15, 0.2) is 0 Å². The van der Waals surface area contributed by atoms with Crippen LogP contribution in [-0.2, 0) is 9.59 Å². The smallest absolute Gasteiger partial charge is 0.263 e. The first kappa shape index (κ1) is 9.33. The Morgan fingerprint density at radius 2 is 2.14 bits per heavy atom. The van der Waals surface area contributed by atoms with Gasteiger partial charge in [0, 0.05) is 0 Å². The molecule has 1 spiro atoms. The number of aliphatic imine (C=N–C) groups is 1. The number of rotatable bonds is 1. The first-order valence-corrected chi connectivity index (χ1v) is 4.76.